The maximum atomic E-state index is 5.86. The molecule has 2 saturated heterocycles. The Labute approximate surface area is 68.3 Å². The topological polar surface area (TPSA) is 21.3 Å². The Morgan fingerprint density at radius 3 is 2.91 bits per heavy atom. The van der Waals surface area contributed by atoms with Crippen molar-refractivity contribution in [1.82, 2.24) is 5.32 Å². The molecule has 1 N–H and O–H groups in total. The number of likely N-dealkylation sites (N-methyl/N-ethyl adjacent to an activating group) is 1. The lowest BCUT2D eigenvalue weighted by Crippen LogP contribution is -2.48. The maximum absolute atomic E-state index is 5.86. The first kappa shape index (κ1) is 7.56. The Balaban J connectivity index is 1.97. The molecule has 11 heavy (non-hydrogen) atoms. The number of ether oxygens (including phenoxy) is 1. The van der Waals surface area contributed by atoms with Gasteiger partial charge in [-0.15, -0.1) is 0 Å². The van der Waals surface area contributed by atoms with Crippen LogP contribution in [0.4, 0.5) is 0 Å². The van der Waals surface area contributed by atoms with Gasteiger partial charge in [-0.05, 0) is 39.2 Å². The summed E-state index contributed by atoms with van der Waals surface area (Å²) in [5.74, 6) is 0. The van der Waals surface area contributed by atoms with Crippen LogP contribution in [0.5, 0.6) is 0 Å². The molecule has 2 aliphatic rings. The molecule has 0 aromatic rings. The van der Waals surface area contributed by atoms with E-state index in [4.69, 9.17) is 4.74 Å². The molecule has 2 fully saturated rings. The third-order valence-electron chi connectivity index (χ3n) is 3.00. The van der Waals surface area contributed by atoms with Gasteiger partial charge >= 0.3 is 0 Å². The summed E-state index contributed by atoms with van der Waals surface area (Å²) in [5.41, 5.74) is 0. The van der Waals surface area contributed by atoms with Gasteiger partial charge in [0, 0.05) is 6.04 Å². The van der Waals surface area contributed by atoms with E-state index in [1.54, 1.807) is 0 Å². The second kappa shape index (κ2) is 3.11. The zero-order chi connectivity index (χ0) is 7.68. The van der Waals surface area contributed by atoms with Crippen LogP contribution in [0.2, 0.25) is 0 Å². The molecule has 0 radical (unpaired) electrons. The molecule has 3 atom stereocenters. The van der Waals surface area contributed by atoms with Crippen LogP contribution >= 0.6 is 0 Å². The van der Waals surface area contributed by atoms with Gasteiger partial charge in [-0.2, -0.15) is 0 Å². The largest absolute Gasteiger partial charge is 0.373 e. The van der Waals surface area contributed by atoms with E-state index >= 15 is 0 Å². The number of rotatable bonds is 1. The quantitative estimate of drug-likeness (QED) is 0.616. The number of fused-ring (bicyclic) bond motifs is 2. The average Bonchev–Trinajstić information content (AvgIpc) is 2.06. The van der Waals surface area contributed by atoms with Crippen molar-refractivity contribution < 1.29 is 4.74 Å². The van der Waals surface area contributed by atoms with Crippen LogP contribution in [0.1, 0.15) is 32.1 Å². The lowest BCUT2D eigenvalue weighted by molar-refractivity contribution is -0.0981. The fraction of sp³-hybridized carbons (Fsp3) is 1.00. The third-order valence-corrected chi connectivity index (χ3v) is 3.00. The van der Waals surface area contributed by atoms with E-state index in [1.807, 2.05) is 7.05 Å². The van der Waals surface area contributed by atoms with E-state index in [2.05, 4.69) is 5.32 Å². The molecule has 2 rings (SSSR count). The molecular formula is C9H17NO. The van der Waals surface area contributed by atoms with E-state index in [1.165, 1.54) is 32.1 Å². The zero-order valence-corrected chi connectivity index (χ0v) is 7.18. The smallest absolute Gasteiger partial charge is 0.0731 e. The summed E-state index contributed by atoms with van der Waals surface area (Å²) >= 11 is 0. The van der Waals surface area contributed by atoms with Gasteiger partial charge in [0.15, 0.2) is 0 Å². The minimum Gasteiger partial charge on any atom is -0.373 e. The van der Waals surface area contributed by atoms with Crippen molar-refractivity contribution in [3.8, 4) is 0 Å². The van der Waals surface area contributed by atoms with Crippen LogP contribution in [-0.2, 0) is 4.74 Å². The van der Waals surface area contributed by atoms with Crippen LogP contribution in [0.25, 0.3) is 0 Å². The summed E-state index contributed by atoms with van der Waals surface area (Å²) < 4.78 is 5.86. The first-order valence-corrected chi connectivity index (χ1v) is 4.73. The van der Waals surface area contributed by atoms with Crippen molar-refractivity contribution in [1.29, 1.82) is 0 Å². The first-order chi connectivity index (χ1) is 5.40. The molecule has 2 aliphatic heterocycles. The van der Waals surface area contributed by atoms with Gasteiger partial charge in [-0.1, -0.05) is 0 Å². The lowest BCUT2D eigenvalue weighted by Gasteiger charge is -2.40. The monoisotopic (exact) mass is 155 g/mol. The Hall–Kier alpha value is -0.0800. The highest BCUT2D eigenvalue weighted by molar-refractivity contribution is 4.86. The highest BCUT2D eigenvalue weighted by Gasteiger charge is 2.32. The van der Waals surface area contributed by atoms with Gasteiger partial charge in [0.1, 0.15) is 0 Å². The van der Waals surface area contributed by atoms with Crippen LogP contribution in [0, 0.1) is 0 Å². The molecule has 2 heterocycles. The van der Waals surface area contributed by atoms with Crippen LogP contribution < -0.4 is 5.32 Å². The van der Waals surface area contributed by atoms with Crippen molar-refractivity contribution in [3.05, 3.63) is 0 Å². The fourth-order valence-corrected chi connectivity index (χ4v) is 2.32. The van der Waals surface area contributed by atoms with E-state index in [-0.39, 0.29) is 0 Å². The zero-order valence-electron chi connectivity index (χ0n) is 7.18. The SMILES string of the molecule is CN[C@@H]1CC[C@@H]2CCC[C@H]1O2. The second-order valence-electron chi connectivity index (χ2n) is 3.70. The van der Waals surface area contributed by atoms with E-state index < -0.39 is 0 Å². The van der Waals surface area contributed by atoms with E-state index in [0.717, 1.165) is 0 Å². The molecule has 0 aromatic heterocycles. The summed E-state index contributed by atoms with van der Waals surface area (Å²) in [7, 11) is 2.04. The molecule has 0 saturated carbocycles. The van der Waals surface area contributed by atoms with Gasteiger partial charge < -0.3 is 10.1 Å². The van der Waals surface area contributed by atoms with Crippen LogP contribution in [-0.4, -0.2) is 25.3 Å². The number of nitrogens with one attached hydrogen (secondary N) is 1. The Bertz CT molecular complexity index is 138. The predicted octanol–water partition coefficient (Wildman–Crippen LogP) is 1.31. The summed E-state index contributed by atoms with van der Waals surface area (Å²) in [6.07, 6.45) is 7.63. The molecule has 0 spiro atoms. The van der Waals surface area contributed by atoms with Crippen LogP contribution in [0.15, 0.2) is 0 Å². The average molecular weight is 155 g/mol. The van der Waals surface area contributed by atoms with Gasteiger partial charge in [0.25, 0.3) is 0 Å². The molecule has 2 bridgehead atoms. The standard InChI is InChI=1S/C9H17NO/c1-10-8-6-5-7-3-2-4-9(8)11-7/h7-10H,2-6H2,1H3/t7-,8+,9+/m0/s1. The van der Waals surface area contributed by atoms with Crippen molar-refractivity contribution in [2.24, 2.45) is 0 Å². The van der Waals surface area contributed by atoms with Gasteiger partial charge in [-0.25, -0.2) is 0 Å². The molecule has 0 amide bonds. The van der Waals surface area contributed by atoms with Gasteiger partial charge in [0.2, 0.25) is 0 Å². The van der Waals surface area contributed by atoms with E-state index in [9.17, 15) is 0 Å². The van der Waals surface area contributed by atoms with Gasteiger partial charge in [0.05, 0.1) is 12.2 Å². The van der Waals surface area contributed by atoms with Crippen molar-refractivity contribution in [2.75, 3.05) is 7.05 Å². The summed E-state index contributed by atoms with van der Waals surface area (Å²) in [6, 6.07) is 0.631. The maximum Gasteiger partial charge on any atom is 0.0731 e. The summed E-state index contributed by atoms with van der Waals surface area (Å²) in [4.78, 5) is 0. The summed E-state index contributed by atoms with van der Waals surface area (Å²) in [6.45, 7) is 0. The fourth-order valence-electron chi connectivity index (χ4n) is 2.32. The molecule has 64 valence electrons. The Kier molecular flexibility index (Phi) is 2.14. The highest BCUT2D eigenvalue weighted by Crippen LogP contribution is 2.30. The van der Waals surface area contributed by atoms with Gasteiger partial charge in [-0.3, -0.25) is 0 Å². The Morgan fingerprint density at radius 2 is 2.09 bits per heavy atom. The molecule has 2 heteroatoms. The number of hydrogen-bond acceptors (Lipinski definition) is 2. The highest BCUT2D eigenvalue weighted by atomic mass is 16.5. The number of hydrogen-bond donors (Lipinski definition) is 1. The van der Waals surface area contributed by atoms with E-state index in [0.29, 0.717) is 18.2 Å². The molecular weight excluding hydrogens is 138 g/mol. The Morgan fingerprint density at radius 1 is 1.18 bits per heavy atom. The van der Waals surface area contributed by atoms with Crippen molar-refractivity contribution >= 4 is 0 Å². The molecule has 0 unspecified atom stereocenters. The lowest BCUT2D eigenvalue weighted by atomic mass is 9.88. The van der Waals surface area contributed by atoms with Crippen molar-refractivity contribution in [3.63, 3.8) is 0 Å². The molecule has 0 aromatic carbocycles. The third kappa shape index (κ3) is 1.42. The van der Waals surface area contributed by atoms with Crippen molar-refractivity contribution in [2.45, 2.75) is 50.4 Å². The second-order valence-corrected chi connectivity index (χ2v) is 3.70. The predicted molar refractivity (Wildman–Crippen MR) is 44.6 cm³/mol. The molecule has 2 nitrogen and oxygen atoms in total. The summed E-state index contributed by atoms with van der Waals surface area (Å²) in [5, 5.41) is 3.33. The minimum atomic E-state index is 0.521. The van der Waals surface area contributed by atoms with Crippen LogP contribution in [0.3, 0.4) is 0 Å². The molecule has 0 aliphatic carbocycles. The minimum absolute atomic E-state index is 0.521. The first-order valence-electron chi connectivity index (χ1n) is 4.73. The normalized spacial score (nSPS) is 43.9.